The molecular weight excluding hydrogens is 354 g/mol. The lowest BCUT2D eigenvalue weighted by atomic mass is 10.3. The number of sulfone groups is 1. The topological polar surface area (TPSA) is 63.2 Å². The van der Waals surface area contributed by atoms with Crippen LogP contribution in [0.25, 0.3) is 0 Å². The van der Waals surface area contributed by atoms with Crippen LogP contribution in [-0.2, 0) is 14.6 Å². The molecule has 4 nitrogen and oxygen atoms in total. The van der Waals surface area contributed by atoms with Gasteiger partial charge in [-0.1, -0.05) is 30.7 Å². The monoisotopic (exact) mass is 369 g/mol. The molecule has 0 radical (unpaired) electrons. The third-order valence-corrected chi connectivity index (χ3v) is 6.34. The highest BCUT2D eigenvalue weighted by Crippen LogP contribution is 2.26. The van der Waals surface area contributed by atoms with Gasteiger partial charge in [-0.3, -0.25) is 4.79 Å². The minimum Gasteiger partial charge on any atom is -0.325 e. The Hall–Kier alpha value is -1.50. The van der Waals surface area contributed by atoms with E-state index in [-0.39, 0.29) is 22.3 Å². The molecule has 0 aliphatic carbocycles. The van der Waals surface area contributed by atoms with Gasteiger partial charge < -0.3 is 5.32 Å². The van der Waals surface area contributed by atoms with Crippen LogP contribution in [0.1, 0.15) is 6.92 Å². The lowest BCUT2D eigenvalue weighted by molar-refractivity contribution is -0.113. The summed E-state index contributed by atoms with van der Waals surface area (Å²) in [5.41, 5.74) is 0.560. The molecule has 0 spiro atoms. The first-order valence-electron chi connectivity index (χ1n) is 6.92. The van der Waals surface area contributed by atoms with Crippen molar-refractivity contribution in [2.45, 2.75) is 16.7 Å². The summed E-state index contributed by atoms with van der Waals surface area (Å²) >= 11 is 7.38. The van der Waals surface area contributed by atoms with Crippen LogP contribution in [-0.4, -0.2) is 25.8 Å². The van der Waals surface area contributed by atoms with E-state index in [4.69, 9.17) is 11.6 Å². The van der Waals surface area contributed by atoms with Crippen molar-refractivity contribution in [2.24, 2.45) is 0 Å². The lowest BCUT2D eigenvalue weighted by Gasteiger charge is -2.07. The van der Waals surface area contributed by atoms with Crippen molar-refractivity contribution in [3.05, 3.63) is 53.6 Å². The van der Waals surface area contributed by atoms with Gasteiger partial charge in [0.15, 0.2) is 9.84 Å². The molecule has 2 aromatic rings. The second-order valence-corrected chi connectivity index (χ2v) is 8.40. The third-order valence-electron chi connectivity index (χ3n) is 3.07. The predicted octanol–water partition coefficient (Wildman–Crippen LogP) is 3.86. The Kier molecular flexibility index (Phi) is 6.10. The molecule has 2 aromatic carbocycles. The summed E-state index contributed by atoms with van der Waals surface area (Å²) in [6.45, 7) is 1.59. The van der Waals surface area contributed by atoms with E-state index in [0.717, 1.165) is 4.90 Å². The Morgan fingerprint density at radius 3 is 2.39 bits per heavy atom. The van der Waals surface area contributed by atoms with Gasteiger partial charge in [-0.25, -0.2) is 8.42 Å². The number of hydrogen-bond acceptors (Lipinski definition) is 4. The fourth-order valence-corrected chi connectivity index (χ4v) is 3.74. The summed E-state index contributed by atoms with van der Waals surface area (Å²) in [7, 11) is -3.23. The van der Waals surface area contributed by atoms with Gasteiger partial charge in [0, 0.05) is 10.6 Å². The Morgan fingerprint density at radius 2 is 1.78 bits per heavy atom. The standard InChI is InChI=1S/C16H16ClNO3S2/c1-2-23(20,21)13-9-7-12(8-10-13)18-16(19)11-22-15-6-4-3-5-14(15)17/h3-10H,2,11H2,1H3,(H,18,19). The molecule has 1 N–H and O–H groups in total. The number of halogens is 1. The third kappa shape index (κ3) is 4.99. The molecular formula is C16H16ClNO3S2. The van der Waals surface area contributed by atoms with Gasteiger partial charge in [-0.15, -0.1) is 11.8 Å². The molecule has 0 saturated heterocycles. The van der Waals surface area contributed by atoms with E-state index in [9.17, 15) is 13.2 Å². The van der Waals surface area contributed by atoms with Crippen molar-refractivity contribution in [3.8, 4) is 0 Å². The number of anilines is 1. The molecule has 0 heterocycles. The first kappa shape index (κ1) is 17.8. The van der Waals surface area contributed by atoms with Crippen molar-refractivity contribution >= 4 is 44.8 Å². The smallest absolute Gasteiger partial charge is 0.234 e. The van der Waals surface area contributed by atoms with Crippen LogP contribution in [0.2, 0.25) is 5.02 Å². The number of nitrogens with one attached hydrogen (secondary N) is 1. The molecule has 0 unspecified atom stereocenters. The van der Waals surface area contributed by atoms with Gasteiger partial charge >= 0.3 is 0 Å². The zero-order valence-electron chi connectivity index (χ0n) is 12.5. The second kappa shape index (κ2) is 7.86. The lowest BCUT2D eigenvalue weighted by Crippen LogP contribution is -2.14. The van der Waals surface area contributed by atoms with Crippen molar-refractivity contribution in [3.63, 3.8) is 0 Å². The summed E-state index contributed by atoms with van der Waals surface area (Å²) in [6, 6.07) is 13.5. The predicted molar refractivity (Wildman–Crippen MR) is 95.0 cm³/mol. The van der Waals surface area contributed by atoms with E-state index in [1.807, 2.05) is 18.2 Å². The van der Waals surface area contributed by atoms with Gasteiger partial charge in [-0.2, -0.15) is 0 Å². The average molecular weight is 370 g/mol. The van der Waals surface area contributed by atoms with Crippen LogP contribution >= 0.6 is 23.4 Å². The summed E-state index contributed by atoms with van der Waals surface area (Å²) in [4.78, 5) is 13.0. The molecule has 0 aromatic heterocycles. The molecule has 7 heteroatoms. The Morgan fingerprint density at radius 1 is 1.13 bits per heavy atom. The van der Waals surface area contributed by atoms with Crippen molar-refractivity contribution < 1.29 is 13.2 Å². The zero-order valence-corrected chi connectivity index (χ0v) is 14.8. The molecule has 1 amide bonds. The van der Waals surface area contributed by atoms with Crippen LogP contribution in [0.5, 0.6) is 0 Å². The first-order chi connectivity index (χ1) is 10.9. The van der Waals surface area contributed by atoms with Crippen LogP contribution in [0.4, 0.5) is 5.69 Å². The van der Waals surface area contributed by atoms with E-state index in [1.165, 1.54) is 23.9 Å². The van der Waals surface area contributed by atoms with Gasteiger partial charge in [0.2, 0.25) is 5.91 Å². The van der Waals surface area contributed by atoms with E-state index in [0.29, 0.717) is 10.7 Å². The highest BCUT2D eigenvalue weighted by atomic mass is 35.5. The molecule has 0 atom stereocenters. The van der Waals surface area contributed by atoms with Crippen LogP contribution < -0.4 is 5.32 Å². The maximum atomic E-state index is 11.9. The molecule has 122 valence electrons. The molecule has 2 rings (SSSR count). The number of benzene rings is 2. The quantitative estimate of drug-likeness (QED) is 0.785. The maximum absolute atomic E-state index is 11.9. The Balaban J connectivity index is 1.94. The number of amides is 1. The van der Waals surface area contributed by atoms with E-state index >= 15 is 0 Å². The fourth-order valence-electron chi connectivity index (χ4n) is 1.81. The largest absolute Gasteiger partial charge is 0.325 e. The molecule has 0 saturated carbocycles. The van der Waals surface area contributed by atoms with Crippen LogP contribution in [0.15, 0.2) is 58.3 Å². The molecule has 0 aliphatic heterocycles. The maximum Gasteiger partial charge on any atom is 0.234 e. The van der Waals surface area contributed by atoms with Crippen molar-refractivity contribution in [1.82, 2.24) is 0 Å². The highest BCUT2D eigenvalue weighted by molar-refractivity contribution is 8.00. The number of carbonyl (C=O) groups excluding carboxylic acids is 1. The van der Waals surface area contributed by atoms with Gasteiger partial charge in [0.05, 0.1) is 21.4 Å². The zero-order chi connectivity index (χ0) is 16.9. The SMILES string of the molecule is CCS(=O)(=O)c1ccc(NC(=O)CSc2ccccc2Cl)cc1. The van der Waals surface area contributed by atoms with Crippen LogP contribution in [0, 0.1) is 0 Å². The van der Waals surface area contributed by atoms with Gasteiger partial charge in [0.25, 0.3) is 0 Å². The van der Waals surface area contributed by atoms with E-state index in [1.54, 1.807) is 25.1 Å². The first-order valence-corrected chi connectivity index (χ1v) is 9.94. The minimum absolute atomic E-state index is 0.0488. The van der Waals surface area contributed by atoms with Crippen LogP contribution in [0.3, 0.4) is 0 Å². The number of carbonyl (C=O) groups is 1. The Labute approximate surface area is 145 Å². The second-order valence-electron chi connectivity index (χ2n) is 4.70. The average Bonchev–Trinajstić information content (AvgIpc) is 2.54. The summed E-state index contributed by atoms with van der Waals surface area (Å²) < 4.78 is 23.4. The molecule has 0 aliphatic rings. The number of thioether (sulfide) groups is 1. The fraction of sp³-hybridized carbons (Fsp3) is 0.188. The van der Waals surface area contributed by atoms with E-state index < -0.39 is 9.84 Å². The Bertz CT molecular complexity index is 789. The molecule has 0 bridgehead atoms. The summed E-state index contributed by atoms with van der Waals surface area (Å²) in [5.74, 6) is 0.0902. The van der Waals surface area contributed by atoms with E-state index in [2.05, 4.69) is 5.32 Å². The summed E-state index contributed by atoms with van der Waals surface area (Å²) in [6.07, 6.45) is 0. The van der Waals surface area contributed by atoms with Crippen molar-refractivity contribution in [2.75, 3.05) is 16.8 Å². The number of rotatable bonds is 6. The van der Waals surface area contributed by atoms with Gasteiger partial charge in [-0.05, 0) is 36.4 Å². The minimum atomic E-state index is -3.23. The number of hydrogen-bond donors (Lipinski definition) is 1. The summed E-state index contributed by atoms with van der Waals surface area (Å²) in [5, 5.41) is 3.34. The molecule has 23 heavy (non-hydrogen) atoms. The van der Waals surface area contributed by atoms with Crippen molar-refractivity contribution in [1.29, 1.82) is 0 Å². The van der Waals surface area contributed by atoms with Gasteiger partial charge in [0.1, 0.15) is 0 Å². The highest BCUT2D eigenvalue weighted by Gasteiger charge is 2.11. The molecule has 0 fully saturated rings. The normalized spacial score (nSPS) is 11.2.